The molecule has 0 bridgehead atoms. The van der Waals surface area contributed by atoms with Crippen LogP contribution >= 0.6 is 23.2 Å². The third-order valence-corrected chi connectivity index (χ3v) is 3.81. The normalized spacial score (nSPS) is 14.0. The lowest BCUT2D eigenvalue weighted by molar-refractivity contribution is -0.130. The Morgan fingerprint density at radius 3 is 2.42 bits per heavy atom. The van der Waals surface area contributed by atoms with E-state index in [9.17, 15) is 4.79 Å². The Hall–Kier alpha value is -0.770. The molecule has 1 fully saturated rings. The van der Waals surface area contributed by atoms with Crippen molar-refractivity contribution in [2.75, 3.05) is 20.1 Å². The van der Waals surface area contributed by atoms with Crippen molar-refractivity contribution < 1.29 is 4.79 Å². The van der Waals surface area contributed by atoms with Crippen LogP contribution in [0.1, 0.15) is 24.8 Å². The molecule has 0 aliphatic carbocycles. The summed E-state index contributed by atoms with van der Waals surface area (Å²) in [6.45, 7) is 1.83. The first-order valence-corrected chi connectivity index (χ1v) is 7.22. The van der Waals surface area contributed by atoms with Gasteiger partial charge in [-0.15, -0.1) is 0 Å². The third-order valence-electron chi connectivity index (χ3n) is 3.07. The number of carbonyl (C=O) groups excluding carboxylic acids is 1. The summed E-state index contributed by atoms with van der Waals surface area (Å²) in [5.74, 6) is 0.244. The van der Waals surface area contributed by atoms with E-state index in [2.05, 4.69) is 5.73 Å². The first-order valence-electron chi connectivity index (χ1n) is 6.46. The van der Waals surface area contributed by atoms with Gasteiger partial charge in [0.2, 0.25) is 5.91 Å². The quantitative estimate of drug-likeness (QED) is 0.932. The Morgan fingerprint density at radius 1 is 1.21 bits per heavy atom. The zero-order valence-corrected chi connectivity index (χ0v) is 12.7. The van der Waals surface area contributed by atoms with E-state index in [1.807, 2.05) is 17.0 Å². The van der Waals surface area contributed by atoms with Gasteiger partial charge < -0.3 is 10.6 Å². The number of benzene rings is 1. The van der Waals surface area contributed by atoms with Gasteiger partial charge in [0.05, 0.1) is 10.0 Å². The van der Waals surface area contributed by atoms with Crippen molar-refractivity contribution in [3.63, 3.8) is 0 Å². The van der Waals surface area contributed by atoms with Crippen molar-refractivity contribution in [1.82, 2.24) is 4.90 Å². The van der Waals surface area contributed by atoms with Crippen LogP contribution in [0.2, 0.25) is 10.0 Å². The number of halogens is 2. The number of nitrogens with zero attached hydrogens (tertiary/aromatic N) is 1. The molecule has 5 heteroatoms. The molecule has 3 nitrogen and oxygen atoms in total. The molecule has 0 radical (unpaired) electrons. The van der Waals surface area contributed by atoms with Gasteiger partial charge >= 0.3 is 0 Å². The molecule has 2 N–H and O–H groups in total. The van der Waals surface area contributed by atoms with E-state index in [0.29, 0.717) is 16.5 Å². The summed E-state index contributed by atoms with van der Waals surface area (Å²) >= 11 is 11.8. The van der Waals surface area contributed by atoms with E-state index in [4.69, 9.17) is 23.2 Å². The van der Waals surface area contributed by atoms with Crippen LogP contribution in [-0.4, -0.2) is 30.9 Å². The average molecular weight is 303 g/mol. The summed E-state index contributed by atoms with van der Waals surface area (Å²) in [6, 6.07) is 5.53. The number of rotatable bonds is 3. The molecule has 1 saturated heterocycles. The highest BCUT2D eigenvalue weighted by Crippen LogP contribution is 2.23. The van der Waals surface area contributed by atoms with E-state index >= 15 is 0 Å². The van der Waals surface area contributed by atoms with Crippen molar-refractivity contribution in [2.45, 2.75) is 25.7 Å². The molecule has 0 spiro atoms. The molecule has 0 saturated carbocycles. The highest BCUT2D eigenvalue weighted by atomic mass is 35.5. The standard InChI is InChI=1S/C13H15Cl2NO.CH5N/c14-11-5-3-10(9-12(11)15)4-6-13(17)16-7-1-2-8-16;1-2/h3,5,9H,1-2,4,6-8H2;2H2,1H3. The van der Waals surface area contributed by atoms with Crippen molar-refractivity contribution in [3.8, 4) is 0 Å². The molecule has 1 aliphatic heterocycles. The van der Waals surface area contributed by atoms with E-state index in [-0.39, 0.29) is 5.91 Å². The van der Waals surface area contributed by atoms with Crippen molar-refractivity contribution in [2.24, 2.45) is 5.73 Å². The van der Waals surface area contributed by atoms with Crippen LogP contribution in [0.3, 0.4) is 0 Å². The Kier molecular flexibility index (Phi) is 7.21. The largest absolute Gasteiger partial charge is 0.343 e. The highest BCUT2D eigenvalue weighted by molar-refractivity contribution is 6.42. The third kappa shape index (κ3) is 5.01. The van der Waals surface area contributed by atoms with Crippen LogP contribution in [0.25, 0.3) is 0 Å². The monoisotopic (exact) mass is 302 g/mol. The Balaban J connectivity index is 0.000000861. The molecule has 1 aromatic rings. The van der Waals surface area contributed by atoms with Gasteiger partial charge in [0.1, 0.15) is 0 Å². The van der Waals surface area contributed by atoms with E-state index < -0.39 is 0 Å². The van der Waals surface area contributed by atoms with Crippen LogP contribution in [-0.2, 0) is 11.2 Å². The fourth-order valence-electron chi connectivity index (χ4n) is 2.07. The van der Waals surface area contributed by atoms with Crippen LogP contribution < -0.4 is 5.73 Å². The van der Waals surface area contributed by atoms with E-state index in [0.717, 1.165) is 37.9 Å². The Labute approximate surface area is 124 Å². The first-order chi connectivity index (χ1) is 9.16. The maximum Gasteiger partial charge on any atom is 0.222 e. The Morgan fingerprint density at radius 2 is 1.84 bits per heavy atom. The predicted octanol–water partition coefficient (Wildman–Crippen LogP) is 3.12. The van der Waals surface area contributed by atoms with Gasteiger partial charge in [-0.05, 0) is 44.0 Å². The minimum atomic E-state index is 0.244. The van der Waals surface area contributed by atoms with E-state index in [1.165, 1.54) is 7.05 Å². The minimum absolute atomic E-state index is 0.244. The topological polar surface area (TPSA) is 46.3 Å². The molecule has 19 heavy (non-hydrogen) atoms. The zero-order valence-electron chi connectivity index (χ0n) is 11.2. The summed E-state index contributed by atoms with van der Waals surface area (Å²) in [5, 5.41) is 1.11. The molecule has 106 valence electrons. The molecule has 1 aliphatic rings. The molecule has 1 heterocycles. The summed E-state index contributed by atoms with van der Waals surface area (Å²) in [7, 11) is 1.50. The highest BCUT2D eigenvalue weighted by Gasteiger charge is 2.17. The average Bonchev–Trinajstić information content (AvgIpc) is 2.96. The summed E-state index contributed by atoms with van der Waals surface area (Å²) in [4.78, 5) is 13.8. The molecular weight excluding hydrogens is 283 g/mol. The first kappa shape index (κ1) is 16.3. The van der Waals surface area contributed by atoms with Crippen molar-refractivity contribution >= 4 is 29.1 Å². The molecule has 2 rings (SSSR count). The summed E-state index contributed by atoms with van der Waals surface area (Å²) in [6.07, 6.45) is 3.56. The lowest BCUT2D eigenvalue weighted by Crippen LogP contribution is -2.27. The lowest BCUT2D eigenvalue weighted by atomic mass is 10.1. The second-order valence-electron chi connectivity index (χ2n) is 4.34. The van der Waals surface area contributed by atoms with Crippen LogP contribution in [0.4, 0.5) is 0 Å². The van der Waals surface area contributed by atoms with Gasteiger partial charge in [-0.3, -0.25) is 4.79 Å². The van der Waals surface area contributed by atoms with Gasteiger partial charge in [-0.2, -0.15) is 0 Å². The maximum atomic E-state index is 11.8. The summed E-state index contributed by atoms with van der Waals surface area (Å²) < 4.78 is 0. The lowest BCUT2D eigenvalue weighted by Gasteiger charge is -2.14. The number of carbonyl (C=O) groups is 1. The van der Waals surface area contributed by atoms with Gasteiger partial charge in [-0.25, -0.2) is 0 Å². The molecular formula is C14H20Cl2N2O. The van der Waals surface area contributed by atoms with Gasteiger partial charge in [0.25, 0.3) is 0 Å². The van der Waals surface area contributed by atoms with Crippen LogP contribution in [0.15, 0.2) is 18.2 Å². The van der Waals surface area contributed by atoms with Gasteiger partial charge in [0, 0.05) is 19.5 Å². The smallest absolute Gasteiger partial charge is 0.222 e. The van der Waals surface area contributed by atoms with Gasteiger partial charge in [-0.1, -0.05) is 29.3 Å². The number of hydrogen-bond acceptors (Lipinski definition) is 2. The zero-order chi connectivity index (χ0) is 14.3. The molecule has 0 unspecified atom stereocenters. The molecule has 1 aromatic carbocycles. The molecule has 1 amide bonds. The number of aryl methyl sites for hydroxylation is 1. The second-order valence-corrected chi connectivity index (χ2v) is 5.15. The van der Waals surface area contributed by atoms with Crippen LogP contribution in [0.5, 0.6) is 0 Å². The predicted molar refractivity (Wildman–Crippen MR) is 80.7 cm³/mol. The number of likely N-dealkylation sites (tertiary alicyclic amines) is 1. The maximum absolute atomic E-state index is 11.8. The minimum Gasteiger partial charge on any atom is -0.343 e. The SMILES string of the molecule is CN.O=C(CCc1ccc(Cl)c(Cl)c1)N1CCCC1. The van der Waals surface area contributed by atoms with Gasteiger partial charge in [0.15, 0.2) is 0 Å². The fraction of sp³-hybridized carbons (Fsp3) is 0.500. The fourth-order valence-corrected chi connectivity index (χ4v) is 2.39. The number of hydrogen-bond donors (Lipinski definition) is 1. The van der Waals surface area contributed by atoms with E-state index in [1.54, 1.807) is 6.07 Å². The molecule has 0 atom stereocenters. The Bertz CT molecular complexity index is 418. The second kappa shape index (κ2) is 8.41. The number of nitrogens with two attached hydrogens (primary N) is 1. The van der Waals surface area contributed by atoms with Crippen molar-refractivity contribution in [3.05, 3.63) is 33.8 Å². The molecule has 0 aromatic heterocycles. The van der Waals surface area contributed by atoms with Crippen LogP contribution in [0, 0.1) is 0 Å². The van der Waals surface area contributed by atoms with Crippen molar-refractivity contribution in [1.29, 1.82) is 0 Å². The summed E-state index contributed by atoms with van der Waals surface area (Å²) in [5.41, 5.74) is 5.56. The number of amides is 1.